The summed E-state index contributed by atoms with van der Waals surface area (Å²) in [7, 11) is 0. The average molecular weight is 238 g/mol. The summed E-state index contributed by atoms with van der Waals surface area (Å²) in [6, 6.07) is 17.6. The van der Waals surface area contributed by atoms with Crippen LogP contribution < -0.4 is 11.1 Å². The van der Waals surface area contributed by atoms with Gasteiger partial charge in [0, 0.05) is 11.6 Å². The lowest BCUT2D eigenvalue weighted by Gasteiger charge is -2.17. The van der Waals surface area contributed by atoms with Gasteiger partial charge < -0.3 is 11.1 Å². The molecule has 3 nitrogen and oxygen atoms in total. The number of para-hydroxylation sites is 1. The van der Waals surface area contributed by atoms with E-state index in [1.54, 1.807) is 0 Å². The second-order valence-electron chi connectivity index (χ2n) is 4.50. The highest BCUT2D eigenvalue weighted by atomic mass is 16.1. The highest BCUT2D eigenvalue weighted by Gasteiger charge is 2.36. The molecule has 0 aromatic heterocycles. The minimum Gasteiger partial charge on any atom is -0.373 e. The van der Waals surface area contributed by atoms with Gasteiger partial charge in [0.1, 0.15) is 6.04 Å². The molecule has 3 N–H and O–H groups in total. The maximum atomic E-state index is 11.6. The zero-order valence-corrected chi connectivity index (χ0v) is 9.84. The Morgan fingerprint density at radius 3 is 2.39 bits per heavy atom. The van der Waals surface area contributed by atoms with E-state index in [0.29, 0.717) is 0 Å². The number of primary amides is 1. The van der Waals surface area contributed by atoms with Gasteiger partial charge >= 0.3 is 0 Å². The van der Waals surface area contributed by atoms with Crippen molar-refractivity contribution in [2.24, 2.45) is 5.73 Å². The third kappa shape index (κ3) is 1.64. The molecule has 90 valence electrons. The smallest absolute Gasteiger partial charge is 0.240 e. The van der Waals surface area contributed by atoms with Crippen LogP contribution in [-0.4, -0.2) is 11.9 Å². The van der Waals surface area contributed by atoms with Gasteiger partial charge in [0.2, 0.25) is 5.91 Å². The van der Waals surface area contributed by atoms with Gasteiger partial charge in [-0.05, 0) is 17.2 Å². The van der Waals surface area contributed by atoms with Crippen molar-refractivity contribution >= 4 is 11.6 Å². The molecule has 1 heterocycles. The number of anilines is 1. The summed E-state index contributed by atoms with van der Waals surface area (Å²) >= 11 is 0. The molecule has 0 fully saturated rings. The van der Waals surface area contributed by atoms with E-state index in [1.807, 2.05) is 54.6 Å². The van der Waals surface area contributed by atoms with Crippen LogP contribution in [0.2, 0.25) is 0 Å². The predicted molar refractivity (Wildman–Crippen MR) is 71.3 cm³/mol. The first-order valence-electron chi connectivity index (χ1n) is 5.97. The van der Waals surface area contributed by atoms with Crippen LogP contribution in [-0.2, 0) is 4.79 Å². The Bertz CT molecular complexity index is 580. The van der Waals surface area contributed by atoms with Gasteiger partial charge in [-0.25, -0.2) is 0 Å². The summed E-state index contributed by atoms with van der Waals surface area (Å²) < 4.78 is 0. The van der Waals surface area contributed by atoms with Gasteiger partial charge in [-0.2, -0.15) is 0 Å². The summed E-state index contributed by atoms with van der Waals surface area (Å²) in [4.78, 5) is 11.6. The molecule has 0 bridgehead atoms. The van der Waals surface area contributed by atoms with Gasteiger partial charge in [-0.3, -0.25) is 4.79 Å². The Kier molecular flexibility index (Phi) is 2.52. The quantitative estimate of drug-likeness (QED) is 0.841. The molecule has 0 saturated carbocycles. The highest BCUT2D eigenvalue weighted by Crippen LogP contribution is 2.39. The molecule has 2 aromatic carbocycles. The van der Waals surface area contributed by atoms with E-state index >= 15 is 0 Å². The monoisotopic (exact) mass is 238 g/mol. The van der Waals surface area contributed by atoms with E-state index < -0.39 is 0 Å². The lowest BCUT2D eigenvalue weighted by Crippen LogP contribution is -2.36. The maximum Gasteiger partial charge on any atom is 0.240 e. The summed E-state index contributed by atoms with van der Waals surface area (Å²) in [5.41, 5.74) is 8.74. The van der Waals surface area contributed by atoms with Crippen molar-refractivity contribution in [1.29, 1.82) is 0 Å². The molecule has 18 heavy (non-hydrogen) atoms. The molecule has 2 aromatic rings. The first-order valence-corrected chi connectivity index (χ1v) is 5.97. The van der Waals surface area contributed by atoms with Crippen molar-refractivity contribution in [2.75, 3.05) is 5.32 Å². The number of hydrogen-bond acceptors (Lipinski definition) is 2. The first kappa shape index (κ1) is 10.8. The van der Waals surface area contributed by atoms with Crippen molar-refractivity contribution in [1.82, 2.24) is 0 Å². The Hall–Kier alpha value is -2.29. The normalized spacial score (nSPS) is 21.1. The molecule has 0 aliphatic carbocycles. The summed E-state index contributed by atoms with van der Waals surface area (Å²) in [6.45, 7) is 0. The van der Waals surface area contributed by atoms with Gasteiger partial charge in [-0.1, -0.05) is 48.5 Å². The van der Waals surface area contributed by atoms with E-state index in [-0.39, 0.29) is 17.9 Å². The van der Waals surface area contributed by atoms with Gasteiger partial charge in [0.05, 0.1) is 0 Å². The lowest BCUT2D eigenvalue weighted by molar-refractivity contribution is -0.118. The number of hydrogen-bond donors (Lipinski definition) is 2. The van der Waals surface area contributed by atoms with Crippen LogP contribution in [0, 0.1) is 0 Å². The Balaban J connectivity index is 2.11. The molecular weight excluding hydrogens is 224 g/mol. The molecule has 3 heteroatoms. The van der Waals surface area contributed by atoms with Crippen LogP contribution in [0.25, 0.3) is 0 Å². The minimum absolute atomic E-state index is 0.0000926. The highest BCUT2D eigenvalue weighted by molar-refractivity contribution is 5.88. The number of benzene rings is 2. The Labute approximate surface area is 106 Å². The minimum atomic E-state index is -0.371. The van der Waals surface area contributed by atoms with Crippen molar-refractivity contribution in [3.05, 3.63) is 65.7 Å². The number of rotatable bonds is 2. The molecule has 1 amide bonds. The third-order valence-electron chi connectivity index (χ3n) is 3.41. The Morgan fingerprint density at radius 1 is 1.00 bits per heavy atom. The van der Waals surface area contributed by atoms with E-state index in [4.69, 9.17) is 5.73 Å². The van der Waals surface area contributed by atoms with Crippen LogP contribution in [0.5, 0.6) is 0 Å². The average Bonchev–Trinajstić information content (AvgIpc) is 2.79. The van der Waals surface area contributed by atoms with Crippen LogP contribution in [0.3, 0.4) is 0 Å². The van der Waals surface area contributed by atoms with E-state index in [1.165, 1.54) is 0 Å². The fourth-order valence-corrected chi connectivity index (χ4v) is 2.60. The number of fused-ring (bicyclic) bond motifs is 1. The molecule has 0 spiro atoms. The number of carbonyl (C=O) groups is 1. The fourth-order valence-electron chi connectivity index (χ4n) is 2.60. The number of amides is 1. The first-order chi connectivity index (χ1) is 8.77. The van der Waals surface area contributed by atoms with Crippen LogP contribution in [0.4, 0.5) is 5.69 Å². The zero-order valence-electron chi connectivity index (χ0n) is 9.84. The van der Waals surface area contributed by atoms with Gasteiger partial charge in [-0.15, -0.1) is 0 Å². The molecule has 1 aliphatic heterocycles. The van der Waals surface area contributed by atoms with E-state index in [2.05, 4.69) is 5.32 Å². The van der Waals surface area contributed by atoms with Crippen molar-refractivity contribution in [2.45, 2.75) is 12.0 Å². The molecule has 0 unspecified atom stereocenters. The second kappa shape index (κ2) is 4.18. The molecule has 1 aliphatic rings. The number of carbonyl (C=O) groups excluding carboxylic acids is 1. The summed E-state index contributed by atoms with van der Waals surface area (Å²) in [5, 5.41) is 3.21. The summed E-state index contributed by atoms with van der Waals surface area (Å²) in [6.07, 6.45) is 0. The summed E-state index contributed by atoms with van der Waals surface area (Å²) in [5.74, 6) is -0.319. The van der Waals surface area contributed by atoms with Crippen LogP contribution >= 0.6 is 0 Å². The van der Waals surface area contributed by atoms with Gasteiger partial charge in [0.25, 0.3) is 0 Å². The molecule has 0 radical (unpaired) electrons. The predicted octanol–water partition coefficient (Wildman–Crippen LogP) is 2.10. The maximum absolute atomic E-state index is 11.6. The zero-order chi connectivity index (χ0) is 12.5. The molecule has 0 saturated heterocycles. The third-order valence-corrected chi connectivity index (χ3v) is 3.41. The molecular formula is C15H14N2O. The Morgan fingerprint density at radius 2 is 1.67 bits per heavy atom. The van der Waals surface area contributed by atoms with Crippen molar-refractivity contribution < 1.29 is 4.79 Å². The van der Waals surface area contributed by atoms with E-state index in [0.717, 1.165) is 16.8 Å². The molecule has 2 atom stereocenters. The topological polar surface area (TPSA) is 55.1 Å². The number of nitrogens with one attached hydrogen (secondary N) is 1. The van der Waals surface area contributed by atoms with Crippen molar-refractivity contribution in [3.63, 3.8) is 0 Å². The number of nitrogens with two attached hydrogens (primary N) is 1. The lowest BCUT2D eigenvalue weighted by atomic mass is 9.87. The second-order valence-corrected chi connectivity index (χ2v) is 4.50. The SMILES string of the molecule is NC(=O)[C@H]1Nc2ccccc2[C@@H]1c1ccccc1. The molecule has 3 rings (SSSR count). The largest absolute Gasteiger partial charge is 0.373 e. The standard InChI is InChI=1S/C15H14N2O/c16-15(18)14-13(10-6-2-1-3-7-10)11-8-4-5-9-12(11)17-14/h1-9,13-14,17H,(H2,16,18)/t13-,14-/m0/s1. The van der Waals surface area contributed by atoms with E-state index in [9.17, 15) is 4.79 Å². The van der Waals surface area contributed by atoms with Crippen LogP contribution in [0.15, 0.2) is 54.6 Å². The van der Waals surface area contributed by atoms with Gasteiger partial charge in [0.15, 0.2) is 0 Å². The van der Waals surface area contributed by atoms with Crippen molar-refractivity contribution in [3.8, 4) is 0 Å². The van der Waals surface area contributed by atoms with Crippen LogP contribution in [0.1, 0.15) is 17.0 Å². The fraction of sp³-hybridized carbons (Fsp3) is 0.133.